The number of benzene rings is 1. The monoisotopic (exact) mass is 988 g/mol. The second-order valence-corrected chi connectivity index (χ2v) is 21.9. The van der Waals surface area contributed by atoms with Crippen LogP contribution in [-0.2, 0) is 39.6 Å². The lowest BCUT2D eigenvalue weighted by Gasteiger charge is -2.47. The van der Waals surface area contributed by atoms with E-state index in [1.165, 1.54) is 6.92 Å². The predicted molar refractivity (Wildman–Crippen MR) is 267 cm³/mol. The van der Waals surface area contributed by atoms with Gasteiger partial charge in [0.2, 0.25) is 0 Å². The van der Waals surface area contributed by atoms with Crippen molar-refractivity contribution in [3.8, 4) is 11.3 Å². The van der Waals surface area contributed by atoms with E-state index in [0.29, 0.717) is 63.1 Å². The minimum atomic E-state index is -1.78. The van der Waals surface area contributed by atoms with E-state index in [9.17, 15) is 25.2 Å². The summed E-state index contributed by atoms with van der Waals surface area (Å²) in [5.74, 6) is -1.60. The fourth-order valence-electron chi connectivity index (χ4n) is 11.1. The van der Waals surface area contributed by atoms with Crippen molar-refractivity contribution in [3.05, 3.63) is 54.0 Å². The van der Waals surface area contributed by atoms with Crippen molar-refractivity contribution in [2.75, 3.05) is 40.9 Å². The quantitative estimate of drug-likeness (QED) is 0.116. The van der Waals surface area contributed by atoms with E-state index < -0.39 is 77.6 Å². The van der Waals surface area contributed by atoms with Crippen LogP contribution in [0, 0.1) is 17.8 Å². The largest absolute Gasteiger partial charge is 0.459 e. The maximum absolute atomic E-state index is 14.5. The SMILES string of the molecule is CC[C@H]1OC(=O)[C@H](C)[C@@H](OC2C[C@@](C)(OC)C[C@H](C)O2)[C@H](C)[C@@H](O[C@H]2C[C@@H](N(C)CC/C(N)=C/N[C@H](CO)Cc3ccc(-c4ccno4)cc3)C[C@@H](C)O2)[C@](C)(O)C[C@@H](C)CN(C)[C@H](C)[C@@H](O)[C@]1(C)O. The molecule has 3 saturated heterocycles. The molecule has 3 aliphatic heterocycles. The van der Waals surface area contributed by atoms with Gasteiger partial charge in [-0.3, -0.25) is 4.79 Å². The molecular formula is C53H89N5O12. The normalized spacial score (nSPS) is 38.4. The third-order valence-electron chi connectivity index (χ3n) is 15.4. The van der Waals surface area contributed by atoms with E-state index in [1.807, 2.05) is 90.7 Å². The number of rotatable bonds is 16. The molecule has 17 nitrogen and oxygen atoms in total. The summed E-state index contributed by atoms with van der Waals surface area (Å²) < 4.78 is 44.3. The Morgan fingerprint density at radius 2 is 1.69 bits per heavy atom. The molecule has 1 aromatic heterocycles. The molecule has 0 aliphatic carbocycles. The molecule has 0 saturated carbocycles. The molecule has 1 aromatic carbocycles. The van der Waals surface area contributed by atoms with E-state index in [2.05, 4.69) is 22.4 Å². The number of carbonyl (C=O) groups is 1. The number of likely N-dealkylation sites (N-methyl/N-ethyl adjacent to an activating group) is 1. The highest BCUT2D eigenvalue weighted by atomic mass is 16.7. The van der Waals surface area contributed by atoms with E-state index in [4.69, 9.17) is 38.7 Å². The molecule has 2 aromatic rings. The second-order valence-electron chi connectivity index (χ2n) is 21.9. The summed E-state index contributed by atoms with van der Waals surface area (Å²) >= 11 is 0. The number of hydrogen-bond acceptors (Lipinski definition) is 17. The molecule has 1 unspecified atom stereocenters. The maximum atomic E-state index is 14.5. The average Bonchev–Trinajstić information content (AvgIpc) is 3.85. The topological polar surface area (TPSA) is 224 Å². The molecule has 398 valence electrons. The van der Waals surface area contributed by atoms with E-state index in [1.54, 1.807) is 33.4 Å². The summed E-state index contributed by atoms with van der Waals surface area (Å²) in [6.45, 7) is 19.7. The summed E-state index contributed by atoms with van der Waals surface area (Å²) in [7, 11) is 5.62. The first-order chi connectivity index (χ1) is 32.9. The van der Waals surface area contributed by atoms with Gasteiger partial charge in [-0.15, -0.1) is 0 Å². The first kappa shape index (κ1) is 57.7. The molecule has 4 heterocycles. The van der Waals surface area contributed by atoms with Gasteiger partial charge in [0.25, 0.3) is 0 Å². The standard InChI is InChI=1S/C53H89N5O12/c1-14-44-53(10,63)48(60)37(7)58(12)30-32(2)26-52(9,62)49(35(5)47(36(6)50(61)67-44)68-46-28-51(8,64-13)27-34(4)66-46)69-45-25-42(23-33(3)65-45)57(11)22-20-40(54)29-55-41(31-59)24-38-15-17-39(18-16-38)43-19-21-56-70-43/h15-19,21,29,32-37,41-42,44-49,55,59-60,62-63H,14,20,22-28,30-31,54H2,1-13H3/b40-29-/t32-,33-,34+,35+,36-,37-,41+,42+,44-,45+,46?,47+,48-,49-,51+,52-,53-/m1/s1. The number of aromatic nitrogens is 1. The Kier molecular flexibility index (Phi) is 20.7. The van der Waals surface area contributed by atoms with E-state index in [-0.39, 0.29) is 43.2 Å². The zero-order valence-electron chi connectivity index (χ0n) is 44.4. The van der Waals surface area contributed by atoms with Gasteiger partial charge >= 0.3 is 5.97 Å². The van der Waals surface area contributed by atoms with E-state index >= 15 is 0 Å². The van der Waals surface area contributed by atoms with Crippen LogP contribution in [-0.4, -0.2) is 166 Å². The van der Waals surface area contributed by atoms with Crippen molar-refractivity contribution in [1.29, 1.82) is 0 Å². The average molecular weight is 988 g/mol. The molecule has 0 bridgehead atoms. The number of carbonyl (C=O) groups excluding carboxylic acids is 1. The summed E-state index contributed by atoms with van der Waals surface area (Å²) in [5, 5.41) is 53.6. The van der Waals surface area contributed by atoms with Crippen molar-refractivity contribution in [1.82, 2.24) is 20.3 Å². The number of aliphatic hydroxyl groups is 4. The fourth-order valence-corrected chi connectivity index (χ4v) is 11.1. The van der Waals surface area contributed by atoms with Crippen molar-refractivity contribution in [3.63, 3.8) is 0 Å². The van der Waals surface area contributed by atoms with Crippen LogP contribution >= 0.6 is 0 Å². The van der Waals surface area contributed by atoms with Gasteiger partial charge in [-0.25, -0.2) is 0 Å². The Morgan fingerprint density at radius 3 is 2.31 bits per heavy atom. The maximum Gasteiger partial charge on any atom is 0.311 e. The lowest BCUT2D eigenvalue weighted by Crippen LogP contribution is -2.59. The molecular weight excluding hydrogens is 899 g/mol. The van der Waals surface area contributed by atoms with Crippen molar-refractivity contribution >= 4 is 5.97 Å². The van der Waals surface area contributed by atoms with Gasteiger partial charge in [-0.05, 0) is 99.7 Å². The third-order valence-corrected chi connectivity index (χ3v) is 15.4. The molecule has 17 heteroatoms. The highest BCUT2D eigenvalue weighted by molar-refractivity contribution is 5.73. The van der Waals surface area contributed by atoms with Crippen LogP contribution < -0.4 is 11.1 Å². The molecule has 17 atom stereocenters. The Balaban J connectivity index is 1.36. The Labute approximate surface area is 417 Å². The smallest absolute Gasteiger partial charge is 0.311 e. The van der Waals surface area contributed by atoms with Gasteiger partial charge in [0.15, 0.2) is 18.3 Å². The van der Waals surface area contributed by atoms with Crippen LogP contribution in [0.5, 0.6) is 0 Å². The lowest BCUT2D eigenvalue weighted by atomic mass is 9.77. The molecule has 3 fully saturated rings. The summed E-state index contributed by atoms with van der Waals surface area (Å²) in [6.07, 6.45) is 1.45. The van der Waals surface area contributed by atoms with Crippen LogP contribution in [0.15, 0.2) is 52.9 Å². The van der Waals surface area contributed by atoms with Gasteiger partial charge in [-0.2, -0.15) is 0 Å². The Morgan fingerprint density at radius 1 is 1.00 bits per heavy atom. The number of esters is 1. The number of nitrogens with one attached hydrogen (secondary N) is 1. The molecule has 7 N–H and O–H groups in total. The summed E-state index contributed by atoms with van der Waals surface area (Å²) in [4.78, 5) is 18.7. The summed E-state index contributed by atoms with van der Waals surface area (Å²) in [6, 6.07) is 9.08. The summed E-state index contributed by atoms with van der Waals surface area (Å²) in [5.41, 5.74) is 5.38. The van der Waals surface area contributed by atoms with Crippen molar-refractivity contribution < 1.29 is 58.2 Å². The van der Waals surface area contributed by atoms with Crippen molar-refractivity contribution in [2.24, 2.45) is 23.5 Å². The second kappa shape index (κ2) is 25.2. The van der Waals surface area contributed by atoms with Crippen LogP contribution in [0.25, 0.3) is 11.3 Å². The van der Waals surface area contributed by atoms with Crippen LogP contribution in [0.3, 0.4) is 0 Å². The highest BCUT2D eigenvalue weighted by Crippen LogP contribution is 2.40. The first-order valence-electron chi connectivity index (χ1n) is 25.6. The number of aliphatic hydroxyl groups excluding tert-OH is 2. The molecule has 0 amide bonds. The van der Waals surface area contributed by atoms with Gasteiger partial charge in [-0.1, -0.05) is 50.2 Å². The molecule has 70 heavy (non-hydrogen) atoms. The predicted octanol–water partition coefficient (Wildman–Crippen LogP) is 5.37. The van der Waals surface area contributed by atoms with Crippen LogP contribution in [0.1, 0.15) is 120 Å². The van der Waals surface area contributed by atoms with E-state index in [0.717, 1.165) is 17.5 Å². The van der Waals surface area contributed by atoms with Gasteiger partial charge in [0, 0.05) is 87.4 Å². The number of ether oxygens (including phenoxy) is 6. The van der Waals surface area contributed by atoms with Gasteiger partial charge in [0.05, 0.1) is 60.4 Å². The number of cyclic esters (lactones) is 1. The minimum Gasteiger partial charge on any atom is -0.459 e. The molecule has 0 spiro atoms. The number of nitrogens with zero attached hydrogens (tertiary/aromatic N) is 3. The zero-order valence-corrected chi connectivity index (χ0v) is 44.4. The van der Waals surface area contributed by atoms with Crippen LogP contribution in [0.4, 0.5) is 0 Å². The lowest BCUT2D eigenvalue weighted by molar-refractivity contribution is -0.292. The Hall–Kier alpha value is -3.20. The van der Waals surface area contributed by atoms with Gasteiger partial charge < -0.3 is 74.2 Å². The molecule has 0 radical (unpaired) electrons. The zero-order chi connectivity index (χ0) is 51.7. The third kappa shape index (κ3) is 15.2. The fraction of sp³-hybridized carbons (Fsp3) is 0.774. The van der Waals surface area contributed by atoms with Gasteiger partial charge in [0.1, 0.15) is 17.8 Å². The molecule has 3 aliphatic rings. The van der Waals surface area contributed by atoms with Crippen molar-refractivity contribution in [2.45, 2.75) is 205 Å². The number of nitrogens with two attached hydrogens (primary N) is 1. The number of hydrogen-bond donors (Lipinski definition) is 6. The highest BCUT2D eigenvalue weighted by Gasteiger charge is 2.51. The first-order valence-corrected chi connectivity index (χ1v) is 25.6. The minimum absolute atomic E-state index is 0.0474. The molecule has 5 rings (SSSR count). The Bertz CT molecular complexity index is 1920. The van der Waals surface area contributed by atoms with Crippen LogP contribution in [0.2, 0.25) is 0 Å². The number of methoxy groups -OCH3 is 1.